The van der Waals surface area contributed by atoms with Crippen LogP contribution in [0, 0.1) is 6.92 Å². The fourth-order valence-corrected chi connectivity index (χ4v) is 2.58. The van der Waals surface area contributed by atoms with E-state index in [1.807, 2.05) is 0 Å². The summed E-state index contributed by atoms with van der Waals surface area (Å²) in [6.07, 6.45) is 0. The molecule has 1 fully saturated rings. The first-order chi connectivity index (χ1) is 10.7. The average Bonchev–Trinajstić information content (AvgIpc) is 2.52. The van der Waals surface area contributed by atoms with E-state index in [4.69, 9.17) is 14.2 Å². The summed E-state index contributed by atoms with van der Waals surface area (Å²) in [5.41, 5.74) is 2.55. The van der Waals surface area contributed by atoms with Crippen LogP contribution in [0.25, 0.3) is 0 Å². The van der Waals surface area contributed by atoms with Crippen LogP contribution in [0.15, 0.2) is 18.2 Å². The van der Waals surface area contributed by atoms with E-state index in [2.05, 4.69) is 43.9 Å². The molecule has 0 radical (unpaired) electrons. The Kier molecular flexibility index (Phi) is 7.16. The van der Waals surface area contributed by atoms with Crippen LogP contribution in [0.1, 0.15) is 30.9 Å². The fourth-order valence-electron chi connectivity index (χ4n) is 2.58. The molecule has 0 aromatic heterocycles. The van der Waals surface area contributed by atoms with Crippen molar-refractivity contribution in [2.75, 3.05) is 52.7 Å². The lowest BCUT2D eigenvalue weighted by molar-refractivity contribution is 0.0170. The summed E-state index contributed by atoms with van der Waals surface area (Å²) < 4.78 is 16.9. The Labute approximate surface area is 134 Å². The first-order valence-electron chi connectivity index (χ1n) is 8.28. The van der Waals surface area contributed by atoms with Crippen molar-refractivity contribution in [3.05, 3.63) is 29.3 Å². The summed E-state index contributed by atoms with van der Waals surface area (Å²) in [5.74, 6) is 1.45. The molecule has 1 aliphatic rings. The van der Waals surface area contributed by atoms with Gasteiger partial charge in [0.25, 0.3) is 0 Å². The standard InChI is InChI=1S/C18H29NO3/c1-15(2)17-14-16(3)4-5-18(17)22-13-12-21-11-8-19-6-9-20-10-7-19/h4-5,14-15H,6-13H2,1-3H3. The summed E-state index contributed by atoms with van der Waals surface area (Å²) in [6.45, 7) is 13.2. The lowest BCUT2D eigenvalue weighted by Gasteiger charge is -2.26. The van der Waals surface area contributed by atoms with Gasteiger partial charge in [-0.2, -0.15) is 0 Å². The third-order valence-electron chi connectivity index (χ3n) is 3.93. The second-order valence-corrected chi connectivity index (χ2v) is 6.11. The lowest BCUT2D eigenvalue weighted by atomic mass is 10.00. The van der Waals surface area contributed by atoms with Crippen molar-refractivity contribution in [2.45, 2.75) is 26.7 Å². The highest BCUT2D eigenvalue weighted by Gasteiger charge is 2.10. The van der Waals surface area contributed by atoms with E-state index in [9.17, 15) is 0 Å². The molecule has 1 aromatic carbocycles. The summed E-state index contributed by atoms with van der Waals surface area (Å²) in [6, 6.07) is 6.37. The third-order valence-corrected chi connectivity index (χ3v) is 3.93. The van der Waals surface area contributed by atoms with E-state index in [1.54, 1.807) is 0 Å². The molecule has 0 aliphatic carbocycles. The van der Waals surface area contributed by atoms with Crippen LogP contribution in [-0.2, 0) is 9.47 Å². The molecule has 0 N–H and O–H groups in total. The van der Waals surface area contributed by atoms with Crippen LogP contribution in [0.3, 0.4) is 0 Å². The predicted molar refractivity (Wildman–Crippen MR) is 88.8 cm³/mol. The van der Waals surface area contributed by atoms with Gasteiger partial charge < -0.3 is 14.2 Å². The van der Waals surface area contributed by atoms with Gasteiger partial charge in [-0.1, -0.05) is 31.5 Å². The quantitative estimate of drug-likeness (QED) is 0.691. The Hall–Kier alpha value is -1.10. The molecule has 1 aromatic rings. The Morgan fingerprint density at radius 1 is 1.14 bits per heavy atom. The zero-order valence-electron chi connectivity index (χ0n) is 14.1. The van der Waals surface area contributed by atoms with E-state index in [0.29, 0.717) is 19.1 Å². The van der Waals surface area contributed by atoms with Gasteiger partial charge in [0.15, 0.2) is 0 Å². The summed E-state index contributed by atoms with van der Waals surface area (Å²) in [4.78, 5) is 2.38. The number of morpholine rings is 1. The highest BCUT2D eigenvalue weighted by Crippen LogP contribution is 2.27. The SMILES string of the molecule is Cc1ccc(OCCOCCN2CCOCC2)c(C(C)C)c1. The minimum Gasteiger partial charge on any atom is -0.491 e. The summed E-state index contributed by atoms with van der Waals surface area (Å²) in [7, 11) is 0. The molecule has 0 amide bonds. The summed E-state index contributed by atoms with van der Waals surface area (Å²) in [5, 5.41) is 0. The Balaban J connectivity index is 1.64. The molecular weight excluding hydrogens is 278 g/mol. The van der Waals surface area contributed by atoms with Crippen LogP contribution >= 0.6 is 0 Å². The monoisotopic (exact) mass is 307 g/mol. The van der Waals surface area contributed by atoms with Gasteiger partial charge in [-0.05, 0) is 24.5 Å². The van der Waals surface area contributed by atoms with Gasteiger partial charge in [0.1, 0.15) is 12.4 Å². The molecule has 22 heavy (non-hydrogen) atoms. The van der Waals surface area contributed by atoms with Crippen molar-refractivity contribution < 1.29 is 14.2 Å². The first-order valence-corrected chi connectivity index (χ1v) is 8.28. The molecule has 124 valence electrons. The van der Waals surface area contributed by atoms with Gasteiger partial charge in [0.2, 0.25) is 0 Å². The minimum absolute atomic E-state index is 0.470. The Morgan fingerprint density at radius 2 is 1.91 bits per heavy atom. The van der Waals surface area contributed by atoms with Gasteiger partial charge in [-0.3, -0.25) is 4.90 Å². The van der Waals surface area contributed by atoms with Gasteiger partial charge in [-0.15, -0.1) is 0 Å². The van der Waals surface area contributed by atoms with Crippen LogP contribution < -0.4 is 4.74 Å². The van der Waals surface area contributed by atoms with Crippen molar-refractivity contribution in [2.24, 2.45) is 0 Å². The fraction of sp³-hybridized carbons (Fsp3) is 0.667. The van der Waals surface area contributed by atoms with E-state index in [1.165, 1.54) is 11.1 Å². The number of hydrogen-bond acceptors (Lipinski definition) is 4. The molecule has 4 nitrogen and oxygen atoms in total. The minimum atomic E-state index is 0.470. The van der Waals surface area contributed by atoms with Crippen molar-refractivity contribution >= 4 is 0 Å². The molecule has 1 heterocycles. The molecule has 1 saturated heterocycles. The third kappa shape index (κ3) is 5.59. The number of ether oxygens (including phenoxy) is 3. The number of rotatable bonds is 8. The van der Waals surface area contributed by atoms with E-state index in [-0.39, 0.29) is 0 Å². The molecule has 2 rings (SSSR count). The zero-order valence-corrected chi connectivity index (χ0v) is 14.1. The number of nitrogens with zero attached hydrogens (tertiary/aromatic N) is 1. The second-order valence-electron chi connectivity index (χ2n) is 6.11. The van der Waals surface area contributed by atoms with E-state index in [0.717, 1.165) is 45.2 Å². The number of hydrogen-bond donors (Lipinski definition) is 0. The van der Waals surface area contributed by atoms with E-state index >= 15 is 0 Å². The lowest BCUT2D eigenvalue weighted by Crippen LogP contribution is -2.38. The molecule has 0 spiro atoms. The molecule has 0 saturated carbocycles. The topological polar surface area (TPSA) is 30.9 Å². The number of aryl methyl sites for hydroxylation is 1. The molecule has 1 aliphatic heterocycles. The van der Waals surface area contributed by atoms with Gasteiger partial charge in [0.05, 0.1) is 26.4 Å². The van der Waals surface area contributed by atoms with Crippen LogP contribution in [-0.4, -0.2) is 57.6 Å². The molecule has 4 heteroatoms. The van der Waals surface area contributed by atoms with Gasteiger partial charge in [0, 0.05) is 19.6 Å². The van der Waals surface area contributed by atoms with Gasteiger partial charge in [-0.25, -0.2) is 0 Å². The average molecular weight is 307 g/mol. The van der Waals surface area contributed by atoms with Gasteiger partial charge >= 0.3 is 0 Å². The largest absolute Gasteiger partial charge is 0.491 e. The second kappa shape index (κ2) is 9.13. The molecule has 0 atom stereocenters. The first kappa shape index (κ1) is 17.3. The maximum absolute atomic E-state index is 5.89. The van der Waals surface area contributed by atoms with Crippen molar-refractivity contribution in [3.8, 4) is 5.75 Å². The van der Waals surface area contributed by atoms with Crippen LogP contribution in [0.2, 0.25) is 0 Å². The predicted octanol–water partition coefficient (Wildman–Crippen LogP) is 2.85. The van der Waals surface area contributed by atoms with Crippen molar-refractivity contribution in [3.63, 3.8) is 0 Å². The highest BCUT2D eigenvalue weighted by molar-refractivity contribution is 5.38. The smallest absolute Gasteiger partial charge is 0.122 e. The number of benzene rings is 1. The normalized spacial score (nSPS) is 16.2. The Morgan fingerprint density at radius 3 is 2.64 bits per heavy atom. The van der Waals surface area contributed by atoms with E-state index < -0.39 is 0 Å². The van der Waals surface area contributed by atoms with Crippen molar-refractivity contribution in [1.82, 2.24) is 4.90 Å². The molecular formula is C18H29NO3. The maximum atomic E-state index is 5.89. The highest BCUT2D eigenvalue weighted by atomic mass is 16.5. The summed E-state index contributed by atoms with van der Waals surface area (Å²) >= 11 is 0. The van der Waals surface area contributed by atoms with Crippen LogP contribution in [0.4, 0.5) is 0 Å². The Bertz CT molecular complexity index is 442. The maximum Gasteiger partial charge on any atom is 0.122 e. The van der Waals surface area contributed by atoms with Crippen molar-refractivity contribution in [1.29, 1.82) is 0 Å². The molecule has 0 bridgehead atoms. The van der Waals surface area contributed by atoms with Crippen LogP contribution in [0.5, 0.6) is 5.75 Å². The molecule has 0 unspecified atom stereocenters. The zero-order chi connectivity index (χ0) is 15.8.